The summed E-state index contributed by atoms with van der Waals surface area (Å²) >= 11 is 0. The van der Waals surface area contributed by atoms with E-state index in [0.717, 1.165) is 22.9 Å². The zero-order valence-corrected chi connectivity index (χ0v) is 19.5. The molecule has 8 nitrogen and oxygen atoms in total. The third-order valence-corrected chi connectivity index (χ3v) is 6.97. The van der Waals surface area contributed by atoms with Crippen LogP contribution < -0.4 is 5.32 Å². The first-order valence-corrected chi connectivity index (χ1v) is 12.1. The second-order valence-corrected chi connectivity index (χ2v) is 9.91. The second-order valence-electron chi connectivity index (χ2n) is 8.08. The molecule has 0 spiro atoms. The fourth-order valence-electron chi connectivity index (χ4n) is 3.55. The number of hydrogen-bond donors (Lipinski definition) is 1. The Labute approximate surface area is 187 Å². The van der Waals surface area contributed by atoms with Gasteiger partial charge in [-0.05, 0) is 63.4 Å². The summed E-state index contributed by atoms with van der Waals surface area (Å²) in [6.45, 7) is 8.90. The molecule has 2 aromatic heterocycles. The molecule has 168 valence electrons. The minimum atomic E-state index is -3.90. The summed E-state index contributed by atoms with van der Waals surface area (Å²) in [5.41, 5.74) is 2.44. The van der Waals surface area contributed by atoms with E-state index >= 15 is 0 Å². The number of sulfone groups is 1. The van der Waals surface area contributed by atoms with Gasteiger partial charge in [-0.3, -0.25) is 0 Å². The van der Waals surface area contributed by atoms with Gasteiger partial charge < -0.3 is 10.1 Å². The first kappa shape index (κ1) is 22.2. The Morgan fingerprint density at radius 3 is 2.69 bits per heavy atom. The van der Waals surface area contributed by atoms with Gasteiger partial charge in [-0.15, -0.1) is 5.10 Å². The number of rotatable bonds is 8. The van der Waals surface area contributed by atoms with Crippen molar-refractivity contribution in [2.45, 2.75) is 50.1 Å². The van der Waals surface area contributed by atoms with Gasteiger partial charge in [0.05, 0.1) is 16.5 Å². The molecule has 0 aliphatic carbocycles. The summed E-state index contributed by atoms with van der Waals surface area (Å²) in [7, 11) is -3.90. The topological polar surface area (TPSA) is 98.5 Å². The number of nitrogens with zero attached hydrogens (tertiary/aromatic N) is 4. The van der Waals surface area contributed by atoms with E-state index in [1.165, 1.54) is 4.52 Å². The Balaban J connectivity index is 1.79. The van der Waals surface area contributed by atoms with E-state index < -0.39 is 9.84 Å². The van der Waals surface area contributed by atoms with Crippen LogP contribution in [0, 0.1) is 13.8 Å². The van der Waals surface area contributed by atoms with Crippen LogP contribution in [-0.4, -0.2) is 47.5 Å². The van der Waals surface area contributed by atoms with E-state index in [-0.39, 0.29) is 21.7 Å². The van der Waals surface area contributed by atoms with E-state index in [0.29, 0.717) is 24.5 Å². The molecule has 1 N–H and O–H groups in total. The van der Waals surface area contributed by atoms with Crippen molar-refractivity contribution < 1.29 is 13.2 Å². The van der Waals surface area contributed by atoms with Crippen LogP contribution in [0.25, 0.3) is 16.6 Å². The van der Waals surface area contributed by atoms with Gasteiger partial charge >= 0.3 is 0 Å². The molecule has 0 atom stereocenters. The Bertz CT molecular complexity index is 1380. The number of fused-ring (bicyclic) bond motifs is 3. The average molecular weight is 454 g/mol. The van der Waals surface area contributed by atoms with Crippen LogP contribution in [0.3, 0.4) is 0 Å². The Hall–Kier alpha value is -3.04. The molecule has 0 bridgehead atoms. The Kier molecular flexibility index (Phi) is 6.12. The molecule has 0 saturated heterocycles. The highest BCUT2D eigenvalue weighted by molar-refractivity contribution is 7.91. The molecule has 32 heavy (non-hydrogen) atoms. The summed E-state index contributed by atoms with van der Waals surface area (Å²) in [6, 6.07) is 12.9. The molecule has 2 heterocycles. The monoisotopic (exact) mass is 453 g/mol. The SMILES string of the molecule is Cc1ccc(C)c(S(=O)(=O)c2nnn3c2nc(NCCCOC(C)C)c2ccccc23)c1. The van der Waals surface area contributed by atoms with Gasteiger partial charge in [0.15, 0.2) is 5.65 Å². The quantitative estimate of drug-likeness (QED) is 0.403. The van der Waals surface area contributed by atoms with Crippen molar-refractivity contribution in [1.82, 2.24) is 19.8 Å². The molecule has 4 rings (SSSR count). The van der Waals surface area contributed by atoms with Crippen molar-refractivity contribution in [2.24, 2.45) is 0 Å². The maximum absolute atomic E-state index is 13.5. The standard InChI is InChI=1S/C23H27N5O3S/c1-15(2)31-13-7-12-24-21-18-8-5-6-9-19(18)28-22(25-21)23(26-27-28)32(29,30)20-14-16(3)10-11-17(20)4/h5-6,8-11,14-15H,7,12-13H2,1-4H3,(H,24,25). The van der Waals surface area contributed by atoms with Gasteiger partial charge in [0, 0.05) is 18.5 Å². The average Bonchev–Trinajstić information content (AvgIpc) is 3.20. The van der Waals surface area contributed by atoms with Crippen LogP contribution in [0.4, 0.5) is 5.82 Å². The van der Waals surface area contributed by atoms with Gasteiger partial charge in [0.25, 0.3) is 0 Å². The molecule has 2 aromatic carbocycles. The highest BCUT2D eigenvalue weighted by Gasteiger charge is 2.28. The lowest BCUT2D eigenvalue weighted by molar-refractivity contribution is 0.0787. The fourth-order valence-corrected chi connectivity index (χ4v) is 5.11. The first-order chi connectivity index (χ1) is 15.3. The van der Waals surface area contributed by atoms with Crippen molar-refractivity contribution in [1.29, 1.82) is 0 Å². The van der Waals surface area contributed by atoms with Crippen molar-refractivity contribution in [2.75, 3.05) is 18.5 Å². The number of anilines is 1. The van der Waals surface area contributed by atoms with Crippen LogP contribution in [0.15, 0.2) is 52.4 Å². The molecule has 0 aliphatic heterocycles. The predicted octanol–water partition coefficient (Wildman–Crippen LogP) is 3.95. The zero-order valence-electron chi connectivity index (χ0n) is 18.7. The van der Waals surface area contributed by atoms with Crippen LogP contribution in [0.5, 0.6) is 0 Å². The lowest BCUT2D eigenvalue weighted by Gasteiger charge is -2.12. The predicted molar refractivity (Wildman–Crippen MR) is 124 cm³/mol. The van der Waals surface area contributed by atoms with Crippen molar-refractivity contribution in [3.63, 3.8) is 0 Å². The van der Waals surface area contributed by atoms with E-state index in [1.807, 2.05) is 51.1 Å². The van der Waals surface area contributed by atoms with E-state index in [9.17, 15) is 8.42 Å². The number of aryl methyl sites for hydroxylation is 2. The second kappa shape index (κ2) is 8.84. The third kappa shape index (κ3) is 4.18. The maximum Gasteiger partial charge on any atom is 0.229 e. The van der Waals surface area contributed by atoms with E-state index in [1.54, 1.807) is 19.1 Å². The minimum absolute atomic E-state index is 0.150. The molecular formula is C23H27N5O3S. The van der Waals surface area contributed by atoms with Gasteiger partial charge in [-0.1, -0.05) is 29.5 Å². The van der Waals surface area contributed by atoms with Crippen LogP contribution in [0.2, 0.25) is 0 Å². The number of para-hydroxylation sites is 1. The normalized spacial score (nSPS) is 12.2. The molecule has 0 radical (unpaired) electrons. The number of ether oxygens (including phenoxy) is 1. The first-order valence-electron chi connectivity index (χ1n) is 10.6. The van der Waals surface area contributed by atoms with E-state index in [2.05, 4.69) is 20.6 Å². The Morgan fingerprint density at radius 1 is 1.12 bits per heavy atom. The summed E-state index contributed by atoms with van der Waals surface area (Å²) in [4.78, 5) is 4.86. The van der Waals surface area contributed by atoms with Gasteiger partial charge in [-0.25, -0.2) is 13.4 Å². The highest BCUT2D eigenvalue weighted by Crippen LogP contribution is 2.29. The molecule has 0 unspecified atom stereocenters. The number of nitrogens with one attached hydrogen (secondary N) is 1. The third-order valence-electron chi connectivity index (χ3n) is 5.17. The van der Waals surface area contributed by atoms with E-state index in [4.69, 9.17) is 4.74 Å². The number of benzene rings is 2. The van der Waals surface area contributed by atoms with Gasteiger partial charge in [-0.2, -0.15) is 4.52 Å². The van der Waals surface area contributed by atoms with Crippen LogP contribution in [0.1, 0.15) is 31.4 Å². The summed E-state index contributed by atoms with van der Waals surface area (Å²) in [6.07, 6.45) is 0.978. The molecule has 9 heteroatoms. The maximum atomic E-state index is 13.5. The largest absolute Gasteiger partial charge is 0.379 e. The molecule has 0 amide bonds. The highest BCUT2D eigenvalue weighted by atomic mass is 32.2. The van der Waals surface area contributed by atoms with Crippen molar-refractivity contribution >= 4 is 32.2 Å². The lowest BCUT2D eigenvalue weighted by atomic mass is 10.2. The zero-order chi connectivity index (χ0) is 22.9. The van der Waals surface area contributed by atoms with Crippen LogP contribution >= 0.6 is 0 Å². The summed E-state index contributed by atoms with van der Waals surface area (Å²) in [5.74, 6) is 0.595. The smallest absolute Gasteiger partial charge is 0.229 e. The van der Waals surface area contributed by atoms with Gasteiger partial charge in [0.1, 0.15) is 5.82 Å². The number of hydrogen-bond acceptors (Lipinski definition) is 7. The summed E-state index contributed by atoms with van der Waals surface area (Å²) in [5, 5.41) is 12.2. The fraction of sp³-hybridized carbons (Fsp3) is 0.348. The summed E-state index contributed by atoms with van der Waals surface area (Å²) < 4.78 is 34.1. The lowest BCUT2D eigenvalue weighted by Crippen LogP contribution is -2.11. The number of aromatic nitrogens is 4. The molecule has 0 aliphatic rings. The minimum Gasteiger partial charge on any atom is -0.379 e. The molecular weight excluding hydrogens is 426 g/mol. The Morgan fingerprint density at radius 2 is 1.91 bits per heavy atom. The van der Waals surface area contributed by atoms with Crippen LogP contribution in [-0.2, 0) is 14.6 Å². The molecule has 0 saturated carbocycles. The van der Waals surface area contributed by atoms with Gasteiger partial charge in [0.2, 0.25) is 14.9 Å². The van der Waals surface area contributed by atoms with Crippen molar-refractivity contribution in [3.8, 4) is 0 Å². The van der Waals surface area contributed by atoms with Crippen molar-refractivity contribution in [3.05, 3.63) is 53.6 Å². The molecule has 4 aromatic rings. The molecule has 0 fully saturated rings.